The summed E-state index contributed by atoms with van der Waals surface area (Å²) < 4.78 is 4.31. The van der Waals surface area contributed by atoms with Crippen molar-refractivity contribution in [3.05, 3.63) is 66.3 Å². The van der Waals surface area contributed by atoms with Crippen LogP contribution >= 0.6 is 0 Å². The van der Waals surface area contributed by atoms with Crippen molar-refractivity contribution in [1.29, 1.82) is 0 Å². The van der Waals surface area contributed by atoms with Crippen molar-refractivity contribution in [3.8, 4) is 0 Å². The van der Waals surface area contributed by atoms with Crippen LogP contribution in [-0.2, 0) is 6.54 Å². The van der Waals surface area contributed by atoms with E-state index < -0.39 is 0 Å². The van der Waals surface area contributed by atoms with Gasteiger partial charge in [0.25, 0.3) is 0 Å². The summed E-state index contributed by atoms with van der Waals surface area (Å²) in [4.78, 5) is 0. The van der Waals surface area contributed by atoms with E-state index >= 15 is 0 Å². The minimum absolute atomic E-state index is 1.06. The highest BCUT2D eigenvalue weighted by Crippen LogP contribution is 2.05. The lowest BCUT2D eigenvalue weighted by molar-refractivity contribution is -0.697. The minimum atomic E-state index is 1.06. The van der Waals surface area contributed by atoms with E-state index in [0.29, 0.717) is 0 Å². The molecule has 0 aliphatic heterocycles. The van der Waals surface area contributed by atoms with Crippen molar-refractivity contribution in [2.75, 3.05) is 0 Å². The molecule has 22 heavy (non-hydrogen) atoms. The number of pyridine rings is 2. The molecular weight excluding hydrogens is 268 g/mol. The SMILES string of the molecule is CC/C=C/[n+]1ccc(/C=C/c2cc[n+](CCCC)cc2)cc1. The molecule has 0 unspecified atom stereocenters. The van der Waals surface area contributed by atoms with Crippen LogP contribution in [0.15, 0.2) is 55.1 Å². The molecule has 2 aromatic heterocycles. The third kappa shape index (κ3) is 5.28. The van der Waals surface area contributed by atoms with E-state index in [2.05, 4.69) is 96.5 Å². The monoisotopic (exact) mass is 294 g/mol. The zero-order chi connectivity index (χ0) is 15.6. The topological polar surface area (TPSA) is 7.76 Å². The Kier molecular flexibility index (Phi) is 6.56. The van der Waals surface area contributed by atoms with Crippen LogP contribution in [0.1, 0.15) is 44.2 Å². The summed E-state index contributed by atoms with van der Waals surface area (Å²) in [6, 6.07) is 8.58. The Hall–Kier alpha value is -2.22. The molecule has 0 fully saturated rings. The molecule has 2 heterocycles. The van der Waals surface area contributed by atoms with Gasteiger partial charge in [-0.25, -0.2) is 4.57 Å². The minimum Gasteiger partial charge on any atom is -0.205 e. The van der Waals surface area contributed by atoms with E-state index in [-0.39, 0.29) is 0 Å². The first-order chi connectivity index (χ1) is 10.8. The van der Waals surface area contributed by atoms with E-state index in [4.69, 9.17) is 0 Å². The maximum atomic E-state index is 2.24. The molecule has 0 aliphatic rings. The Morgan fingerprint density at radius 1 is 0.864 bits per heavy atom. The number of rotatable bonds is 7. The molecule has 2 rings (SSSR count). The van der Waals surface area contributed by atoms with E-state index in [0.717, 1.165) is 13.0 Å². The number of allylic oxidation sites excluding steroid dienone is 1. The second-order valence-corrected chi connectivity index (χ2v) is 5.43. The van der Waals surface area contributed by atoms with E-state index in [1.807, 2.05) is 0 Å². The number of nitrogens with zero attached hydrogens (tertiary/aromatic N) is 2. The first-order valence-electron chi connectivity index (χ1n) is 8.16. The van der Waals surface area contributed by atoms with Crippen LogP contribution in [-0.4, -0.2) is 0 Å². The van der Waals surface area contributed by atoms with Gasteiger partial charge in [-0.05, 0) is 23.6 Å². The highest BCUT2D eigenvalue weighted by Gasteiger charge is 1.98. The Bertz CT molecular complexity index is 607. The van der Waals surface area contributed by atoms with Gasteiger partial charge in [0.15, 0.2) is 31.0 Å². The second kappa shape index (κ2) is 8.93. The Labute approximate surface area is 134 Å². The quantitative estimate of drug-likeness (QED) is 0.679. The normalized spacial score (nSPS) is 11.5. The van der Waals surface area contributed by atoms with Gasteiger partial charge in [0.05, 0.1) is 0 Å². The van der Waals surface area contributed by atoms with Crippen LogP contribution in [0.2, 0.25) is 0 Å². The molecule has 0 N–H and O–H groups in total. The standard InChI is InChI=1S/C20H26N2/c1-3-5-13-21-15-9-19(10-16-21)7-8-20-11-17-22(18-12-20)14-6-4-2/h5,7-13,15-18H,3-4,6,14H2,1-2H3/q+2/b8-7+,13-5+. The molecule has 0 saturated carbocycles. The molecule has 0 bridgehead atoms. The highest BCUT2D eigenvalue weighted by atomic mass is 14.9. The largest absolute Gasteiger partial charge is 0.205 e. The molecule has 2 nitrogen and oxygen atoms in total. The number of hydrogen-bond acceptors (Lipinski definition) is 0. The number of aromatic nitrogens is 2. The van der Waals surface area contributed by atoms with Crippen LogP contribution in [0.3, 0.4) is 0 Å². The first kappa shape index (κ1) is 16.2. The molecule has 114 valence electrons. The van der Waals surface area contributed by atoms with Crippen molar-refractivity contribution in [2.45, 2.75) is 39.7 Å². The van der Waals surface area contributed by atoms with Gasteiger partial charge in [-0.2, -0.15) is 4.57 Å². The molecule has 0 aromatic carbocycles. The maximum absolute atomic E-state index is 2.24. The van der Waals surface area contributed by atoms with Gasteiger partial charge >= 0.3 is 0 Å². The van der Waals surface area contributed by atoms with E-state index in [9.17, 15) is 0 Å². The van der Waals surface area contributed by atoms with Gasteiger partial charge in [-0.1, -0.05) is 32.4 Å². The molecule has 0 aliphatic carbocycles. The average Bonchev–Trinajstić information content (AvgIpc) is 2.58. The second-order valence-electron chi connectivity index (χ2n) is 5.43. The Morgan fingerprint density at radius 3 is 2.00 bits per heavy atom. The molecule has 0 atom stereocenters. The van der Waals surface area contributed by atoms with Crippen LogP contribution in [0.25, 0.3) is 18.4 Å². The van der Waals surface area contributed by atoms with E-state index in [1.54, 1.807) is 0 Å². The molecule has 2 aromatic rings. The molecule has 0 amide bonds. The van der Waals surface area contributed by atoms with Crippen LogP contribution in [0, 0.1) is 0 Å². The van der Waals surface area contributed by atoms with Gasteiger partial charge in [-0.15, -0.1) is 0 Å². The van der Waals surface area contributed by atoms with Gasteiger partial charge < -0.3 is 0 Å². The van der Waals surface area contributed by atoms with Crippen molar-refractivity contribution in [2.24, 2.45) is 0 Å². The maximum Gasteiger partial charge on any atom is 0.175 e. The summed E-state index contributed by atoms with van der Waals surface area (Å²) in [6.45, 7) is 5.46. The van der Waals surface area contributed by atoms with Crippen molar-refractivity contribution < 1.29 is 9.13 Å². The Morgan fingerprint density at radius 2 is 1.45 bits per heavy atom. The molecule has 2 heteroatoms. The highest BCUT2D eigenvalue weighted by molar-refractivity contribution is 5.68. The van der Waals surface area contributed by atoms with Gasteiger partial charge in [-0.3, -0.25) is 0 Å². The van der Waals surface area contributed by atoms with Gasteiger partial charge in [0.1, 0.15) is 6.54 Å². The Balaban J connectivity index is 1.97. The number of aryl methyl sites for hydroxylation is 1. The number of unbranched alkanes of at least 4 members (excludes halogenated alkanes) is 1. The summed E-state index contributed by atoms with van der Waals surface area (Å²) in [5.41, 5.74) is 2.44. The summed E-state index contributed by atoms with van der Waals surface area (Å²) in [5.74, 6) is 0. The lowest BCUT2D eigenvalue weighted by Crippen LogP contribution is -2.32. The fraction of sp³-hybridized carbons (Fsp3) is 0.300. The summed E-state index contributed by atoms with van der Waals surface area (Å²) in [5, 5.41) is 0. The molecule has 0 spiro atoms. The zero-order valence-corrected chi connectivity index (χ0v) is 13.7. The third-order valence-corrected chi connectivity index (χ3v) is 3.55. The molecular formula is C20H26N2+2. The molecule has 0 saturated heterocycles. The predicted molar refractivity (Wildman–Crippen MR) is 92.7 cm³/mol. The number of hydrogen-bond donors (Lipinski definition) is 0. The summed E-state index contributed by atoms with van der Waals surface area (Å²) >= 11 is 0. The van der Waals surface area contributed by atoms with Gasteiger partial charge in [0, 0.05) is 30.7 Å². The van der Waals surface area contributed by atoms with Crippen molar-refractivity contribution in [3.63, 3.8) is 0 Å². The van der Waals surface area contributed by atoms with Crippen LogP contribution in [0.5, 0.6) is 0 Å². The molecule has 0 radical (unpaired) electrons. The fourth-order valence-electron chi connectivity index (χ4n) is 2.15. The predicted octanol–water partition coefficient (Wildman–Crippen LogP) is 4.11. The summed E-state index contributed by atoms with van der Waals surface area (Å²) in [6.07, 6.45) is 20.5. The van der Waals surface area contributed by atoms with Gasteiger partial charge in [0.2, 0.25) is 0 Å². The average molecular weight is 294 g/mol. The lowest BCUT2D eigenvalue weighted by Gasteiger charge is -1.96. The first-order valence-corrected chi connectivity index (χ1v) is 8.16. The summed E-state index contributed by atoms with van der Waals surface area (Å²) in [7, 11) is 0. The third-order valence-electron chi connectivity index (χ3n) is 3.55. The van der Waals surface area contributed by atoms with E-state index in [1.165, 1.54) is 24.0 Å². The fourth-order valence-corrected chi connectivity index (χ4v) is 2.15. The van der Waals surface area contributed by atoms with Crippen LogP contribution < -0.4 is 9.13 Å². The zero-order valence-electron chi connectivity index (χ0n) is 13.7. The van der Waals surface area contributed by atoms with Crippen LogP contribution in [0.4, 0.5) is 0 Å². The van der Waals surface area contributed by atoms with Crippen molar-refractivity contribution in [1.82, 2.24) is 0 Å². The lowest BCUT2D eigenvalue weighted by atomic mass is 10.2. The smallest absolute Gasteiger partial charge is 0.175 e. The van der Waals surface area contributed by atoms with Crippen molar-refractivity contribution >= 4 is 18.4 Å².